The molecule has 0 bridgehead atoms. The lowest BCUT2D eigenvalue weighted by Gasteiger charge is -2.27. The molecular formula is C23H22BrF6N3O3S. The predicted molar refractivity (Wildman–Crippen MR) is 129 cm³/mol. The van der Waals surface area contributed by atoms with Crippen molar-refractivity contribution in [2.75, 3.05) is 5.75 Å². The van der Waals surface area contributed by atoms with Gasteiger partial charge >= 0.3 is 12.4 Å². The van der Waals surface area contributed by atoms with Crippen LogP contribution >= 0.6 is 15.9 Å². The van der Waals surface area contributed by atoms with E-state index in [1.54, 1.807) is 31.2 Å². The molecule has 0 aliphatic rings. The molecule has 6 nitrogen and oxygen atoms in total. The van der Waals surface area contributed by atoms with E-state index in [1.807, 2.05) is 0 Å². The monoisotopic (exact) mass is 613 g/mol. The average molecular weight is 614 g/mol. The minimum absolute atomic E-state index is 0.142. The highest BCUT2D eigenvalue weighted by atomic mass is 79.9. The number of hydrogen-bond donors (Lipinski definition) is 1. The van der Waals surface area contributed by atoms with Crippen LogP contribution in [0.2, 0.25) is 0 Å². The van der Waals surface area contributed by atoms with E-state index >= 15 is 0 Å². The summed E-state index contributed by atoms with van der Waals surface area (Å²) in [6.07, 6.45) is -9.39. The second-order valence-corrected chi connectivity index (χ2v) is 11.1. The molecule has 37 heavy (non-hydrogen) atoms. The zero-order valence-corrected chi connectivity index (χ0v) is 22.1. The molecule has 0 saturated heterocycles. The van der Waals surface area contributed by atoms with Crippen molar-refractivity contribution >= 4 is 26.0 Å². The van der Waals surface area contributed by atoms with Gasteiger partial charge in [-0.15, -0.1) is 0 Å². The lowest BCUT2D eigenvalue weighted by Crippen LogP contribution is -2.44. The van der Waals surface area contributed by atoms with Gasteiger partial charge in [0.05, 0.1) is 11.1 Å². The number of benzene rings is 2. The van der Waals surface area contributed by atoms with E-state index in [-0.39, 0.29) is 11.6 Å². The van der Waals surface area contributed by atoms with Crippen LogP contribution in [-0.4, -0.2) is 30.1 Å². The van der Waals surface area contributed by atoms with Crippen molar-refractivity contribution in [3.05, 3.63) is 64.1 Å². The molecule has 0 aliphatic heterocycles. The standard InChI is InChI=1S/C23H22BrF6N3O3S/c1-4-33-20(36-17-10-8-15(9-11-17)23(28,29)30)18(24)19(31-33)14-6-5-7-16(12-14)21(2,3)32-37(34,35)13-22(25,26)27/h5-12,32H,4,13H2,1-3H3. The Morgan fingerprint density at radius 1 is 1.00 bits per heavy atom. The third kappa shape index (κ3) is 7.26. The van der Waals surface area contributed by atoms with E-state index in [0.717, 1.165) is 12.1 Å². The fourth-order valence-electron chi connectivity index (χ4n) is 3.50. The van der Waals surface area contributed by atoms with E-state index in [4.69, 9.17) is 4.74 Å². The third-order valence-electron chi connectivity index (χ3n) is 5.17. The van der Waals surface area contributed by atoms with Crippen molar-refractivity contribution in [2.45, 2.75) is 45.2 Å². The molecule has 3 aromatic rings. The molecule has 202 valence electrons. The van der Waals surface area contributed by atoms with Gasteiger partial charge in [0, 0.05) is 12.1 Å². The highest BCUT2D eigenvalue weighted by molar-refractivity contribution is 9.10. The second kappa shape index (κ2) is 10.3. The smallest absolute Gasteiger partial charge is 0.416 e. The topological polar surface area (TPSA) is 73.2 Å². The highest BCUT2D eigenvalue weighted by Gasteiger charge is 2.38. The van der Waals surface area contributed by atoms with Crippen LogP contribution in [-0.2, 0) is 28.3 Å². The minimum atomic E-state index is -4.90. The largest absolute Gasteiger partial charge is 0.438 e. The lowest BCUT2D eigenvalue weighted by atomic mass is 9.93. The molecule has 3 rings (SSSR count). The van der Waals surface area contributed by atoms with Crippen molar-refractivity contribution in [2.24, 2.45) is 0 Å². The van der Waals surface area contributed by atoms with Gasteiger partial charge in [0.25, 0.3) is 0 Å². The van der Waals surface area contributed by atoms with Crippen LogP contribution in [0.15, 0.2) is 53.0 Å². The van der Waals surface area contributed by atoms with Crippen molar-refractivity contribution in [1.82, 2.24) is 14.5 Å². The molecule has 0 radical (unpaired) electrons. The SMILES string of the molecule is CCn1nc(-c2cccc(C(C)(C)NS(=O)(=O)CC(F)(F)F)c2)c(Br)c1Oc1ccc(C(F)(F)F)cc1. The summed E-state index contributed by atoms with van der Waals surface area (Å²) in [7, 11) is -4.68. The quantitative estimate of drug-likeness (QED) is 0.282. The number of alkyl halides is 6. The van der Waals surface area contributed by atoms with Crippen LogP contribution in [0.25, 0.3) is 11.3 Å². The normalized spacial score (nSPS) is 13.1. The van der Waals surface area contributed by atoms with Crippen molar-refractivity contribution in [3.8, 4) is 22.9 Å². The van der Waals surface area contributed by atoms with Crippen LogP contribution in [0.5, 0.6) is 11.6 Å². The second-order valence-electron chi connectivity index (χ2n) is 8.59. The minimum Gasteiger partial charge on any atom is -0.438 e. The molecule has 1 aromatic heterocycles. The summed E-state index contributed by atoms with van der Waals surface area (Å²) in [4.78, 5) is 0. The number of aryl methyl sites for hydroxylation is 1. The number of nitrogens with zero attached hydrogens (tertiary/aromatic N) is 2. The first-order chi connectivity index (χ1) is 16.9. The van der Waals surface area contributed by atoms with Crippen LogP contribution in [0.1, 0.15) is 31.9 Å². The molecule has 1 heterocycles. The molecule has 14 heteroatoms. The van der Waals surface area contributed by atoms with Crippen LogP contribution in [0.3, 0.4) is 0 Å². The van der Waals surface area contributed by atoms with E-state index < -0.39 is 39.2 Å². The van der Waals surface area contributed by atoms with E-state index in [9.17, 15) is 34.8 Å². The Labute approximate surface area is 217 Å². The maximum absolute atomic E-state index is 12.9. The predicted octanol–water partition coefficient (Wildman–Crippen LogP) is 6.86. The fraction of sp³-hybridized carbons (Fsp3) is 0.348. The summed E-state index contributed by atoms with van der Waals surface area (Å²) >= 11 is 3.42. The highest BCUT2D eigenvalue weighted by Crippen LogP contribution is 2.39. The third-order valence-corrected chi connectivity index (χ3v) is 7.41. The summed E-state index contributed by atoms with van der Waals surface area (Å²) in [5.74, 6) is -1.66. The average Bonchev–Trinajstić information content (AvgIpc) is 3.06. The van der Waals surface area contributed by atoms with E-state index in [0.29, 0.717) is 27.8 Å². The van der Waals surface area contributed by atoms with E-state index in [1.165, 1.54) is 30.7 Å². The van der Waals surface area contributed by atoms with Crippen molar-refractivity contribution in [1.29, 1.82) is 0 Å². The number of hydrogen-bond acceptors (Lipinski definition) is 4. The molecule has 0 unspecified atom stereocenters. The molecule has 0 saturated carbocycles. The first-order valence-corrected chi connectivity index (χ1v) is 13.2. The Balaban J connectivity index is 1.93. The molecule has 0 atom stereocenters. The molecule has 1 N–H and O–H groups in total. The van der Waals surface area contributed by atoms with E-state index in [2.05, 4.69) is 25.8 Å². The molecular weight excluding hydrogens is 592 g/mol. The van der Waals surface area contributed by atoms with Gasteiger partial charge in [0.2, 0.25) is 15.9 Å². The van der Waals surface area contributed by atoms with Gasteiger partial charge in [-0.25, -0.2) is 17.8 Å². The lowest BCUT2D eigenvalue weighted by molar-refractivity contribution is -0.137. The molecule has 0 fully saturated rings. The Kier molecular flexibility index (Phi) is 8.06. The fourth-order valence-corrected chi connectivity index (χ4v) is 5.49. The summed E-state index contributed by atoms with van der Waals surface area (Å²) in [6, 6.07) is 10.5. The summed E-state index contributed by atoms with van der Waals surface area (Å²) < 4.78 is 110. The molecule has 0 aliphatic carbocycles. The maximum Gasteiger partial charge on any atom is 0.416 e. The number of nitrogens with one attached hydrogen (secondary N) is 1. The molecule has 2 aromatic carbocycles. The first kappa shape index (κ1) is 29.0. The summed E-state index contributed by atoms with van der Waals surface area (Å²) in [6.45, 7) is 4.98. The Bertz CT molecular complexity index is 1370. The number of aromatic nitrogens is 2. The van der Waals surface area contributed by atoms with Gasteiger partial charge in [-0.3, -0.25) is 0 Å². The van der Waals surface area contributed by atoms with Gasteiger partial charge in [0.15, 0.2) is 5.75 Å². The number of halogens is 7. The summed E-state index contributed by atoms with van der Waals surface area (Å²) in [5, 5.41) is 4.48. The zero-order chi connectivity index (χ0) is 27.8. The van der Waals surface area contributed by atoms with Gasteiger partial charge in [-0.1, -0.05) is 18.2 Å². The van der Waals surface area contributed by atoms with Crippen molar-refractivity contribution in [3.63, 3.8) is 0 Å². The molecule has 0 spiro atoms. The number of sulfonamides is 1. The Morgan fingerprint density at radius 3 is 2.16 bits per heavy atom. The Morgan fingerprint density at radius 2 is 1.62 bits per heavy atom. The van der Waals surface area contributed by atoms with Gasteiger partial charge in [0.1, 0.15) is 15.9 Å². The van der Waals surface area contributed by atoms with Gasteiger partial charge in [-0.05, 0) is 72.6 Å². The zero-order valence-electron chi connectivity index (χ0n) is 19.7. The maximum atomic E-state index is 12.9. The number of ether oxygens (including phenoxy) is 1. The van der Waals surface area contributed by atoms with Crippen molar-refractivity contribution < 1.29 is 39.5 Å². The van der Waals surface area contributed by atoms with Crippen LogP contribution in [0.4, 0.5) is 26.3 Å². The molecule has 0 amide bonds. The number of rotatable bonds is 8. The summed E-state index contributed by atoms with van der Waals surface area (Å²) in [5.41, 5.74) is -0.969. The van der Waals surface area contributed by atoms with Gasteiger partial charge in [-0.2, -0.15) is 31.4 Å². The van der Waals surface area contributed by atoms with Crippen LogP contribution in [0, 0.1) is 0 Å². The first-order valence-electron chi connectivity index (χ1n) is 10.7. The van der Waals surface area contributed by atoms with Crippen LogP contribution < -0.4 is 9.46 Å². The Hall–Kier alpha value is -2.58. The van der Waals surface area contributed by atoms with Gasteiger partial charge < -0.3 is 4.74 Å².